The molecule has 6 nitrogen and oxygen atoms in total. The van der Waals surface area contributed by atoms with E-state index in [9.17, 15) is 13.2 Å². The molecule has 0 radical (unpaired) electrons. The van der Waals surface area contributed by atoms with E-state index in [2.05, 4.69) is 10.0 Å². The minimum absolute atomic E-state index is 0.146. The van der Waals surface area contributed by atoms with Gasteiger partial charge in [-0.15, -0.1) is 0 Å². The van der Waals surface area contributed by atoms with Crippen molar-refractivity contribution in [2.75, 3.05) is 19.7 Å². The Kier molecular flexibility index (Phi) is 6.64. The number of carbonyl (C=O) groups is 1. The molecule has 2 N–H and O–H groups in total. The number of ether oxygens (including phenoxy) is 1. The second-order valence-electron chi connectivity index (χ2n) is 5.06. The Hall–Kier alpha value is -1.60. The SMILES string of the molecule is CC(=O)NCCNS(=O)(=O)c1ccc(OCC(C)C)cc1. The summed E-state index contributed by atoms with van der Waals surface area (Å²) in [4.78, 5) is 10.9. The molecule has 1 aromatic carbocycles. The molecule has 1 rings (SSSR count). The first kappa shape index (κ1) is 17.5. The number of benzene rings is 1. The van der Waals surface area contributed by atoms with Crippen molar-refractivity contribution >= 4 is 15.9 Å². The lowest BCUT2D eigenvalue weighted by Gasteiger charge is -2.10. The van der Waals surface area contributed by atoms with Crippen molar-refractivity contribution in [3.63, 3.8) is 0 Å². The summed E-state index contributed by atoms with van der Waals surface area (Å²) in [5, 5.41) is 2.52. The minimum Gasteiger partial charge on any atom is -0.493 e. The fourth-order valence-electron chi connectivity index (χ4n) is 1.49. The maximum atomic E-state index is 12.0. The van der Waals surface area contributed by atoms with Crippen LogP contribution in [0.3, 0.4) is 0 Å². The van der Waals surface area contributed by atoms with E-state index in [1.165, 1.54) is 19.1 Å². The molecular formula is C14H22N2O4S. The van der Waals surface area contributed by atoms with Gasteiger partial charge in [-0.05, 0) is 30.2 Å². The monoisotopic (exact) mass is 314 g/mol. The van der Waals surface area contributed by atoms with Crippen LogP contribution in [0.2, 0.25) is 0 Å². The van der Waals surface area contributed by atoms with Gasteiger partial charge in [-0.25, -0.2) is 13.1 Å². The van der Waals surface area contributed by atoms with Gasteiger partial charge in [0.15, 0.2) is 0 Å². The van der Waals surface area contributed by atoms with Crippen LogP contribution in [0.15, 0.2) is 29.2 Å². The Bertz CT molecular complexity index is 553. The lowest BCUT2D eigenvalue weighted by atomic mass is 10.2. The fourth-order valence-corrected chi connectivity index (χ4v) is 2.52. The highest BCUT2D eigenvalue weighted by Gasteiger charge is 2.13. The van der Waals surface area contributed by atoms with Crippen molar-refractivity contribution in [2.24, 2.45) is 5.92 Å². The first-order chi connectivity index (χ1) is 9.81. The van der Waals surface area contributed by atoms with Gasteiger partial charge in [0.25, 0.3) is 0 Å². The fraction of sp³-hybridized carbons (Fsp3) is 0.500. The first-order valence-electron chi connectivity index (χ1n) is 6.78. The minimum atomic E-state index is -3.56. The van der Waals surface area contributed by atoms with Gasteiger partial charge in [0, 0.05) is 20.0 Å². The molecule has 0 saturated carbocycles. The maximum absolute atomic E-state index is 12.0. The highest BCUT2D eigenvalue weighted by atomic mass is 32.2. The van der Waals surface area contributed by atoms with Gasteiger partial charge in [0.05, 0.1) is 11.5 Å². The van der Waals surface area contributed by atoms with Gasteiger partial charge in [0.2, 0.25) is 15.9 Å². The van der Waals surface area contributed by atoms with Crippen LogP contribution < -0.4 is 14.8 Å². The van der Waals surface area contributed by atoms with Crippen LogP contribution in [-0.4, -0.2) is 34.0 Å². The van der Waals surface area contributed by atoms with Gasteiger partial charge >= 0.3 is 0 Å². The molecule has 0 aliphatic carbocycles. The predicted molar refractivity (Wildman–Crippen MR) is 80.6 cm³/mol. The average molecular weight is 314 g/mol. The van der Waals surface area contributed by atoms with E-state index in [0.717, 1.165) is 0 Å². The third kappa shape index (κ3) is 6.59. The Morgan fingerprint density at radius 2 is 1.81 bits per heavy atom. The maximum Gasteiger partial charge on any atom is 0.240 e. The Balaban J connectivity index is 2.56. The summed E-state index contributed by atoms with van der Waals surface area (Å²) < 4.78 is 31.9. The zero-order valence-corrected chi connectivity index (χ0v) is 13.4. The van der Waals surface area contributed by atoms with E-state index in [1.54, 1.807) is 12.1 Å². The number of nitrogens with one attached hydrogen (secondary N) is 2. The summed E-state index contributed by atoms with van der Waals surface area (Å²) in [5.41, 5.74) is 0. The third-order valence-corrected chi connectivity index (χ3v) is 3.99. The van der Waals surface area contributed by atoms with Crippen molar-refractivity contribution in [2.45, 2.75) is 25.7 Å². The van der Waals surface area contributed by atoms with Gasteiger partial charge < -0.3 is 10.1 Å². The number of hydrogen-bond donors (Lipinski definition) is 2. The smallest absolute Gasteiger partial charge is 0.240 e. The van der Waals surface area contributed by atoms with Crippen LogP contribution in [0.1, 0.15) is 20.8 Å². The van der Waals surface area contributed by atoms with Crippen molar-refractivity contribution in [3.05, 3.63) is 24.3 Å². The summed E-state index contributed by atoms with van der Waals surface area (Å²) in [5.74, 6) is 0.852. The van der Waals surface area contributed by atoms with Gasteiger partial charge in [0.1, 0.15) is 5.75 Å². The predicted octanol–water partition coefficient (Wildman–Crippen LogP) is 1.14. The topological polar surface area (TPSA) is 84.5 Å². The average Bonchev–Trinajstić information content (AvgIpc) is 2.41. The molecule has 1 aromatic rings. The lowest BCUT2D eigenvalue weighted by molar-refractivity contribution is -0.118. The van der Waals surface area contributed by atoms with E-state index in [1.807, 2.05) is 13.8 Å². The molecule has 0 saturated heterocycles. The van der Waals surface area contributed by atoms with E-state index in [0.29, 0.717) is 18.3 Å². The Morgan fingerprint density at radius 3 is 2.33 bits per heavy atom. The van der Waals surface area contributed by atoms with E-state index in [-0.39, 0.29) is 23.9 Å². The molecule has 1 amide bonds. The second-order valence-corrected chi connectivity index (χ2v) is 6.82. The molecule has 0 fully saturated rings. The molecule has 0 aliphatic rings. The van der Waals surface area contributed by atoms with E-state index < -0.39 is 10.0 Å². The summed E-state index contributed by atoms with van der Waals surface area (Å²) in [6, 6.07) is 6.25. The summed E-state index contributed by atoms with van der Waals surface area (Å²) in [6.07, 6.45) is 0. The molecule has 0 aliphatic heterocycles. The normalized spacial score (nSPS) is 11.4. The highest BCUT2D eigenvalue weighted by molar-refractivity contribution is 7.89. The summed E-state index contributed by atoms with van der Waals surface area (Å²) in [7, 11) is -3.56. The largest absolute Gasteiger partial charge is 0.493 e. The van der Waals surface area contributed by atoms with Crippen molar-refractivity contribution in [1.29, 1.82) is 0 Å². The van der Waals surface area contributed by atoms with E-state index in [4.69, 9.17) is 4.74 Å². The number of amides is 1. The molecule has 0 heterocycles. The molecular weight excluding hydrogens is 292 g/mol. The number of rotatable bonds is 8. The molecule has 0 aromatic heterocycles. The van der Waals surface area contributed by atoms with Crippen LogP contribution in [0.4, 0.5) is 0 Å². The van der Waals surface area contributed by atoms with Gasteiger partial charge in [-0.3, -0.25) is 4.79 Å². The number of hydrogen-bond acceptors (Lipinski definition) is 4. The van der Waals surface area contributed by atoms with Crippen molar-refractivity contribution < 1.29 is 17.9 Å². The lowest BCUT2D eigenvalue weighted by Crippen LogP contribution is -2.33. The Morgan fingerprint density at radius 1 is 1.19 bits per heavy atom. The van der Waals surface area contributed by atoms with Crippen molar-refractivity contribution in [3.8, 4) is 5.75 Å². The van der Waals surface area contributed by atoms with Crippen LogP contribution in [0, 0.1) is 5.92 Å². The molecule has 21 heavy (non-hydrogen) atoms. The van der Waals surface area contributed by atoms with Gasteiger partial charge in [-0.1, -0.05) is 13.8 Å². The van der Waals surface area contributed by atoms with Crippen LogP contribution in [0.5, 0.6) is 5.75 Å². The van der Waals surface area contributed by atoms with Crippen molar-refractivity contribution in [1.82, 2.24) is 10.0 Å². The first-order valence-corrected chi connectivity index (χ1v) is 8.26. The zero-order valence-electron chi connectivity index (χ0n) is 12.5. The van der Waals surface area contributed by atoms with Crippen LogP contribution in [-0.2, 0) is 14.8 Å². The van der Waals surface area contributed by atoms with E-state index >= 15 is 0 Å². The molecule has 118 valence electrons. The van der Waals surface area contributed by atoms with Gasteiger partial charge in [-0.2, -0.15) is 0 Å². The standard InChI is InChI=1S/C14H22N2O4S/c1-11(2)10-20-13-4-6-14(7-5-13)21(18,19)16-9-8-15-12(3)17/h4-7,11,16H,8-10H2,1-3H3,(H,15,17). The quantitative estimate of drug-likeness (QED) is 0.705. The Labute approximate surface area is 125 Å². The molecule has 0 atom stereocenters. The number of carbonyl (C=O) groups excluding carboxylic acids is 1. The van der Waals surface area contributed by atoms with Crippen LogP contribution >= 0.6 is 0 Å². The third-order valence-electron chi connectivity index (χ3n) is 2.51. The molecule has 7 heteroatoms. The number of sulfonamides is 1. The van der Waals surface area contributed by atoms with Crippen LogP contribution in [0.25, 0.3) is 0 Å². The highest BCUT2D eigenvalue weighted by Crippen LogP contribution is 2.16. The molecule has 0 unspecified atom stereocenters. The zero-order chi connectivity index (χ0) is 15.9. The molecule has 0 spiro atoms. The summed E-state index contributed by atoms with van der Waals surface area (Å²) in [6.45, 7) is 6.44. The second kappa shape index (κ2) is 7.99. The molecule has 0 bridgehead atoms. The summed E-state index contributed by atoms with van der Waals surface area (Å²) >= 11 is 0.